The van der Waals surface area contributed by atoms with Crippen LogP contribution in [0.15, 0.2) is 40.9 Å². The van der Waals surface area contributed by atoms with Crippen molar-refractivity contribution >= 4 is 21.6 Å². The molecule has 0 fully saturated rings. The van der Waals surface area contributed by atoms with Gasteiger partial charge in [0.1, 0.15) is 5.75 Å². The van der Waals surface area contributed by atoms with E-state index in [1.165, 1.54) is 30.3 Å². The number of halogens is 2. The number of nitrogens with two attached hydrogens (primary N) is 1. The van der Waals surface area contributed by atoms with Gasteiger partial charge >= 0.3 is 0 Å². The lowest BCUT2D eigenvalue weighted by molar-refractivity contribution is -0.384. The van der Waals surface area contributed by atoms with E-state index in [0.717, 1.165) is 0 Å². The Balaban J connectivity index is 2.47. The summed E-state index contributed by atoms with van der Waals surface area (Å²) in [5.41, 5.74) is 6.12. The molecule has 0 bridgehead atoms. The van der Waals surface area contributed by atoms with Crippen molar-refractivity contribution in [3.63, 3.8) is 0 Å². The standard InChI is InChI=1S/C14H12BrFN2O3/c1-8(17)10-3-2-4-12(16)14(10)21-13-7-9(18(19)20)5-6-11(13)15/h2-8H,17H2,1H3/t8-/m1/s1. The lowest BCUT2D eigenvalue weighted by atomic mass is 10.1. The maximum Gasteiger partial charge on any atom is 0.273 e. The van der Waals surface area contributed by atoms with Gasteiger partial charge in [-0.1, -0.05) is 12.1 Å². The summed E-state index contributed by atoms with van der Waals surface area (Å²) in [6.45, 7) is 1.70. The Labute approximate surface area is 128 Å². The van der Waals surface area contributed by atoms with Crippen LogP contribution in [0, 0.1) is 15.9 Å². The molecule has 0 amide bonds. The van der Waals surface area contributed by atoms with Gasteiger partial charge in [-0.25, -0.2) is 4.39 Å². The Morgan fingerprint density at radius 1 is 1.38 bits per heavy atom. The average Bonchev–Trinajstić information content (AvgIpc) is 2.42. The third kappa shape index (κ3) is 3.37. The van der Waals surface area contributed by atoms with Crippen LogP contribution in [0.4, 0.5) is 10.1 Å². The van der Waals surface area contributed by atoms with E-state index in [1.54, 1.807) is 13.0 Å². The van der Waals surface area contributed by atoms with Gasteiger partial charge in [0.2, 0.25) is 0 Å². The molecule has 0 unspecified atom stereocenters. The van der Waals surface area contributed by atoms with E-state index in [4.69, 9.17) is 10.5 Å². The second kappa shape index (κ2) is 6.19. The number of nitrogens with zero attached hydrogens (tertiary/aromatic N) is 1. The summed E-state index contributed by atoms with van der Waals surface area (Å²) in [5, 5.41) is 10.8. The largest absolute Gasteiger partial charge is 0.452 e. The van der Waals surface area contributed by atoms with Crippen molar-refractivity contribution in [2.75, 3.05) is 0 Å². The van der Waals surface area contributed by atoms with Crippen LogP contribution in [0.5, 0.6) is 11.5 Å². The minimum absolute atomic E-state index is 0.0336. The maximum atomic E-state index is 14.0. The lowest BCUT2D eigenvalue weighted by Crippen LogP contribution is -2.07. The van der Waals surface area contributed by atoms with Crippen molar-refractivity contribution in [1.29, 1.82) is 0 Å². The molecule has 0 saturated carbocycles. The third-order valence-corrected chi connectivity index (χ3v) is 3.48. The quantitative estimate of drug-likeness (QED) is 0.655. The molecule has 0 heterocycles. The molecule has 0 aliphatic carbocycles. The molecule has 2 N–H and O–H groups in total. The number of ether oxygens (including phenoxy) is 1. The van der Waals surface area contributed by atoms with Gasteiger partial charge < -0.3 is 10.5 Å². The molecule has 5 nitrogen and oxygen atoms in total. The first-order valence-corrected chi connectivity index (χ1v) is 6.85. The van der Waals surface area contributed by atoms with Crippen molar-refractivity contribution in [2.24, 2.45) is 5.73 Å². The van der Waals surface area contributed by atoms with Crippen molar-refractivity contribution in [2.45, 2.75) is 13.0 Å². The zero-order valence-electron chi connectivity index (χ0n) is 11.0. The predicted molar refractivity (Wildman–Crippen MR) is 79.9 cm³/mol. The van der Waals surface area contributed by atoms with Crippen LogP contribution >= 0.6 is 15.9 Å². The van der Waals surface area contributed by atoms with Crippen LogP contribution < -0.4 is 10.5 Å². The molecular formula is C14H12BrFN2O3. The average molecular weight is 355 g/mol. The highest BCUT2D eigenvalue weighted by atomic mass is 79.9. The Morgan fingerprint density at radius 2 is 2.10 bits per heavy atom. The van der Waals surface area contributed by atoms with Gasteiger partial charge in [0.25, 0.3) is 5.69 Å². The molecular weight excluding hydrogens is 343 g/mol. The van der Waals surface area contributed by atoms with E-state index in [2.05, 4.69) is 15.9 Å². The number of benzene rings is 2. The Bertz CT molecular complexity index is 692. The van der Waals surface area contributed by atoms with Crippen molar-refractivity contribution in [1.82, 2.24) is 0 Å². The SMILES string of the molecule is C[C@@H](N)c1cccc(F)c1Oc1cc([N+](=O)[O-])ccc1Br. The van der Waals surface area contributed by atoms with E-state index in [1.807, 2.05) is 0 Å². The van der Waals surface area contributed by atoms with Gasteiger partial charge in [-0.15, -0.1) is 0 Å². The Hall–Kier alpha value is -1.99. The Morgan fingerprint density at radius 3 is 2.71 bits per heavy atom. The monoisotopic (exact) mass is 354 g/mol. The number of non-ortho nitro benzene ring substituents is 1. The Kier molecular flexibility index (Phi) is 4.54. The topological polar surface area (TPSA) is 78.4 Å². The number of hydrogen-bond acceptors (Lipinski definition) is 4. The maximum absolute atomic E-state index is 14.0. The molecule has 2 rings (SSSR count). The summed E-state index contributed by atoms with van der Waals surface area (Å²) >= 11 is 3.22. The van der Waals surface area contributed by atoms with Gasteiger partial charge in [0.05, 0.1) is 15.5 Å². The first-order valence-electron chi connectivity index (χ1n) is 6.06. The zero-order chi connectivity index (χ0) is 15.6. The predicted octanol–water partition coefficient (Wildman–Crippen LogP) is 4.31. The van der Waals surface area contributed by atoms with E-state index >= 15 is 0 Å². The molecule has 1 atom stereocenters. The molecule has 0 aliphatic rings. The van der Waals surface area contributed by atoms with Gasteiger partial charge in [0, 0.05) is 17.7 Å². The first-order chi connectivity index (χ1) is 9.90. The smallest absolute Gasteiger partial charge is 0.273 e. The minimum atomic E-state index is -0.580. The van der Waals surface area contributed by atoms with Crippen LogP contribution in [0.25, 0.3) is 0 Å². The van der Waals surface area contributed by atoms with Gasteiger partial charge in [-0.3, -0.25) is 10.1 Å². The fourth-order valence-electron chi connectivity index (χ4n) is 1.79. The number of nitro groups is 1. The normalized spacial score (nSPS) is 12.0. The van der Waals surface area contributed by atoms with Crippen LogP contribution in [0.1, 0.15) is 18.5 Å². The van der Waals surface area contributed by atoms with Crippen LogP contribution in [0.2, 0.25) is 0 Å². The summed E-state index contributed by atoms with van der Waals surface area (Å²) in [5.74, 6) is -0.465. The number of hydrogen-bond donors (Lipinski definition) is 1. The summed E-state index contributed by atoms with van der Waals surface area (Å²) in [7, 11) is 0. The van der Waals surface area contributed by atoms with Crippen LogP contribution in [-0.4, -0.2) is 4.92 Å². The summed E-state index contributed by atoms with van der Waals surface area (Å²) in [6, 6.07) is 8.00. The molecule has 0 radical (unpaired) electrons. The van der Waals surface area contributed by atoms with E-state index in [-0.39, 0.29) is 17.2 Å². The zero-order valence-corrected chi connectivity index (χ0v) is 12.6. The van der Waals surface area contributed by atoms with Gasteiger partial charge in [-0.05, 0) is 35.0 Å². The molecule has 21 heavy (non-hydrogen) atoms. The van der Waals surface area contributed by atoms with Gasteiger partial charge in [0.15, 0.2) is 11.6 Å². The summed E-state index contributed by atoms with van der Waals surface area (Å²) in [4.78, 5) is 10.3. The molecule has 2 aromatic carbocycles. The molecule has 0 aromatic heterocycles. The molecule has 0 spiro atoms. The highest BCUT2D eigenvalue weighted by Crippen LogP contribution is 2.36. The molecule has 2 aromatic rings. The molecule has 110 valence electrons. The molecule has 0 aliphatic heterocycles. The lowest BCUT2D eigenvalue weighted by Gasteiger charge is -2.15. The van der Waals surface area contributed by atoms with E-state index < -0.39 is 16.8 Å². The van der Waals surface area contributed by atoms with Crippen LogP contribution in [0.3, 0.4) is 0 Å². The third-order valence-electron chi connectivity index (χ3n) is 2.83. The second-order valence-corrected chi connectivity index (χ2v) is 5.28. The highest BCUT2D eigenvalue weighted by molar-refractivity contribution is 9.10. The summed E-state index contributed by atoms with van der Waals surface area (Å²) in [6.07, 6.45) is 0. The first kappa shape index (κ1) is 15.4. The van der Waals surface area contributed by atoms with E-state index in [0.29, 0.717) is 10.0 Å². The molecule has 7 heteroatoms. The van der Waals surface area contributed by atoms with Crippen molar-refractivity contribution < 1.29 is 14.1 Å². The molecule has 0 saturated heterocycles. The fraction of sp³-hybridized carbons (Fsp3) is 0.143. The second-order valence-electron chi connectivity index (χ2n) is 4.42. The minimum Gasteiger partial charge on any atom is -0.452 e. The van der Waals surface area contributed by atoms with Crippen molar-refractivity contribution in [3.8, 4) is 11.5 Å². The summed E-state index contributed by atoms with van der Waals surface area (Å²) < 4.78 is 20.0. The number of nitro benzene ring substituents is 1. The number of rotatable bonds is 4. The van der Waals surface area contributed by atoms with Gasteiger partial charge in [-0.2, -0.15) is 0 Å². The van der Waals surface area contributed by atoms with Crippen LogP contribution in [-0.2, 0) is 0 Å². The number of para-hydroxylation sites is 1. The highest BCUT2D eigenvalue weighted by Gasteiger charge is 2.17. The van der Waals surface area contributed by atoms with Crippen molar-refractivity contribution in [3.05, 3.63) is 62.4 Å². The van der Waals surface area contributed by atoms with E-state index in [9.17, 15) is 14.5 Å². The fourth-order valence-corrected chi connectivity index (χ4v) is 2.11.